The van der Waals surface area contributed by atoms with Gasteiger partial charge in [-0.25, -0.2) is 13.2 Å². The molecule has 2 fully saturated rings. The summed E-state index contributed by atoms with van der Waals surface area (Å²) in [4.78, 5) is 27.9. The molecule has 6 nitrogen and oxygen atoms in total. The van der Waals surface area contributed by atoms with Gasteiger partial charge in [0, 0.05) is 32.3 Å². The summed E-state index contributed by atoms with van der Waals surface area (Å²) in [6.07, 6.45) is 1.05. The number of halogens is 3. The van der Waals surface area contributed by atoms with Crippen molar-refractivity contribution < 1.29 is 27.5 Å². The summed E-state index contributed by atoms with van der Waals surface area (Å²) in [6.45, 7) is 2.88. The second kappa shape index (κ2) is 7.14. The Morgan fingerprint density at radius 1 is 1.19 bits per heavy atom. The molecule has 2 aliphatic heterocycles. The van der Waals surface area contributed by atoms with Crippen LogP contribution in [0.15, 0.2) is 6.07 Å². The third-order valence-corrected chi connectivity index (χ3v) is 4.81. The maximum absolute atomic E-state index is 14.0. The minimum Gasteiger partial charge on any atom is -0.396 e. The van der Waals surface area contributed by atoms with Crippen molar-refractivity contribution >= 4 is 17.5 Å². The summed E-state index contributed by atoms with van der Waals surface area (Å²) in [6, 6.07) is 0.486. The van der Waals surface area contributed by atoms with Crippen molar-refractivity contribution in [3.05, 3.63) is 29.1 Å². The summed E-state index contributed by atoms with van der Waals surface area (Å²) in [5, 5.41) is 0. The normalized spacial score (nSPS) is 23.4. The topological polar surface area (TPSA) is 75.9 Å². The molecule has 0 aliphatic carbocycles. The molecular weight excluding hydrogens is 351 g/mol. The first-order valence-corrected chi connectivity index (χ1v) is 8.45. The highest BCUT2D eigenvalue weighted by Gasteiger charge is 2.36. The maximum Gasteiger partial charge on any atom is 0.257 e. The standard InChI is InChI=1S/C17H20F3N3O3/c1-9-8-22(4-5-23(9)17(25)12-3-2-6-26-12)16(24)10-7-11(21)14(19)15(20)13(10)18/h7,9,12H,2-6,8,21H2,1H3/t9-,12+/m1/s1. The van der Waals surface area contributed by atoms with Crippen LogP contribution < -0.4 is 5.73 Å². The van der Waals surface area contributed by atoms with Gasteiger partial charge in [0.05, 0.1) is 11.3 Å². The lowest BCUT2D eigenvalue weighted by atomic mass is 10.1. The van der Waals surface area contributed by atoms with E-state index in [2.05, 4.69) is 0 Å². The molecule has 2 amide bonds. The van der Waals surface area contributed by atoms with E-state index >= 15 is 0 Å². The Morgan fingerprint density at radius 3 is 2.54 bits per heavy atom. The summed E-state index contributed by atoms with van der Waals surface area (Å²) >= 11 is 0. The predicted octanol–water partition coefficient (Wildman–Crippen LogP) is 1.54. The Morgan fingerprint density at radius 2 is 1.92 bits per heavy atom. The number of amides is 2. The van der Waals surface area contributed by atoms with Gasteiger partial charge < -0.3 is 20.3 Å². The Balaban J connectivity index is 1.73. The van der Waals surface area contributed by atoms with Gasteiger partial charge in [-0.3, -0.25) is 9.59 Å². The molecular formula is C17H20F3N3O3. The lowest BCUT2D eigenvalue weighted by molar-refractivity contribution is -0.145. The van der Waals surface area contributed by atoms with Gasteiger partial charge in [0.15, 0.2) is 17.5 Å². The fourth-order valence-electron chi connectivity index (χ4n) is 3.38. The number of benzene rings is 1. The summed E-state index contributed by atoms with van der Waals surface area (Å²) < 4.78 is 46.2. The largest absolute Gasteiger partial charge is 0.396 e. The SMILES string of the molecule is C[C@@H]1CN(C(=O)c2cc(N)c(F)c(F)c2F)CCN1C(=O)[C@@H]1CCCO1. The molecule has 0 saturated carbocycles. The van der Waals surface area contributed by atoms with Gasteiger partial charge in [0.1, 0.15) is 6.10 Å². The molecule has 2 N–H and O–H groups in total. The number of anilines is 1. The van der Waals surface area contributed by atoms with Gasteiger partial charge in [-0.15, -0.1) is 0 Å². The highest BCUT2D eigenvalue weighted by atomic mass is 19.2. The molecule has 2 heterocycles. The van der Waals surface area contributed by atoms with E-state index in [-0.39, 0.29) is 31.6 Å². The van der Waals surface area contributed by atoms with Crippen molar-refractivity contribution in [3.63, 3.8) is 0 Å². The highest BCUT2D eigenvalue weighted by molar-refractivity contribution is 5.95. The molecule has 0 spiro atoms. The zero-order valence-corrected chi connectivity index (χ0v) is 14.3. The first kappa shape index (κ1) is 18.5. The molecule has 26 heavy (non-hydrogen) atoms. The average molecular weight is 371 g/mol. The third kappa shape index (κ3) is 3.23. The van der Waals surface area contributed by atoms with Gasteiger partial charge in [0.25, 0.3) is 11.8 Å². The van der Waals surface area contributed by atoms with Crippen LogP contribution in [0.3, 0.4) is 0 Å². The van der Waals surface area contributed by atoms with E-state index in [0.717, 1.165) is 12.5 Å². The molecule has 142 valence electrons. The van der Waals surface area contributed by atoms with Crippen LogP contribution in [0.5, 0.6) is 0 Å². The van der Waals surface area contributed by atoms with Crippen molar-refractivity contribution in [1.82, 2.24) is 9.80 Å². The summed E-state index contributed by atoms with van der Waals surface area (Å²) in [7, 11) is 0. The minimum absolute atomic E-state index is 0.120. The van der Waals surface area contributed by atoms with Crippen LogP contribution in [0.1, 0.15) is 30.1 Å². The van der Waals surface area contributed by atoms with Gasteiger partial charge in [0.2, 0.25) is 0 Å². The molecule has 2 saturated heterocycles. The summed E-state index contributed by atoms with van der Waals surface area (Å²) in [5.74, 6) is -5.75. The van der Waals surface area contributed by atoms with Crippen molar-refractivity contribution in [2.24, 2.45) is 0 Å². The van der Waals surface area contributed by atoms with Crippen LogP contribution >= 0.6 is 0 Å². The zero-order valence-electron chi connectivity index (χ0n) is 14.3. The van der Waals surface area contributed by atoms with E-state index in [9.17, 15) is 22.8 Å². The fraction of sp³-hybridized carbons (Fsp3) is 0.529. The number of rotatable bonds is 2. The molecule has 2 aliphatic rings. The first-order chi connectivity index (χ1) is 12.3. The Kier molecular flexibility index (Phi) is 5.08. The number of piperazine rings is 1. The van der Waals surface area contributed by atoms with Crippen LogP contribution in [0.2, 0.25) is 0 Å². The zero-order chi connectivity index (χ0) is 19.0. The van der Waals surface area contributed by atoms with Crippen molar-refractivity contribution in [1.29, 1.82) is 0 Å². The average Bonchev–Trinajstić information content (AvgIpc) is 3.16. The molecule has 0 bridgehead atoms. The number of nitrogens with zero attached hydrogens (tertiary/aromatic N) is 2. The maximum atomic E-state index is 14.0. The van der Waals surface area contributed by atoms with Crippen LogP contribution in [-0.2, 0) is 9.53 Å². The number of carbonyl (C=O) groups excluding carboxylic acids is 2. The van der Waals surface area contributed by atoms with Gasteiger partial charge >= 0.3 is 0 Å². The number of ether oxygens (including phenoxy) is 1. The Hall–Kier alpha value is -2.29. The van der Waals surface area contributed by atoms with Crippen LogP contribution in [-0.4, -0.2) is 60.0 Å². The molecule has 1 aromatic carbocycles. The van der Waals surface area contributed by atoms with E-state index in [1.807, 2.05) is 0 Å². The van der Waals surface area contributed by atoms with Gasteiger partial charge in [-0.05, 0) is 25.8 Å². The van der Waals surface area contributed by atoms with Crippen LogP contribution in [0.4, 0.5) is 18.9 Å². The van der Waals surface area contributed by atoms with E-state index in [1.165, 1.54) is 4.90 Å². The minimum atomic E-state index is -1.77. The van der Waals surface area contributed by atoms with E-state index in [1.54, 1.807) is 11.8 Å². The number of carbonyl (C=O) groups is 2. The molecule has 3 rings (SSSR count). The molecule has 0 aromatic heterocycles. The number of hydrogen-bond donors (Lipinski definition) is 1. The molecule has 9 heteroatoms. The summed E-state index contributed by atoms with van der Waals surface area (Å²) in [5.41, 5.74) is 4.05. The van der Waals surface area contributed by atoms with E-state index in [4.69, 9.17) is 10.5 Å². The molecule has 1 aromatic rings. The van der Waals surface area contributed by atoms with Crippen molar-refractivity contribution in [2.45, 2.75) is 31.9 Å². The highest BCUT2D eigenvalue weighted by Crippen LogP contribution is 2.24. The van der Waals surface area contributed by atoms with Crippen LogP contribution in [0, 0.1) is 17.5 Å². The lowest BCUT2D eigenvalue weighted by Crippen LogP contribution is -2.57. The van der Waals surface area contributed by atoms with Crippen LogP contribution in [0.25, 0.3) is 0 Å². The molecule has 0 unspecified atom stereocenters. The van der Waals surface area contributed by atoms with E-state index in [0.29, 0.717) is 13.0 Å². The Bertz CT molecular complexity index is 738. The van der Waals surface area contributed by atoms with Gasteiger partial charge in [-0.1, -0.05) is 0 Å². The van der Waals surface area contributed by atoms with Gasteiger partial charge in [-0.2, -0.15) is 0 Å². The van der Waals surface area contributed by atoms with Crippen molar-refractivity contribution in [2.75, 3.05) is 32.0 Å². The Labute approximate surface area is 148 Å². The second-order valence-corrected chi connectivity index (χ2v) is 6.59. The fourth-order valence-corrected chi connectivity index (χ4v) is 3.38. The number of nitrogen functional groups attached to an aromatic ring is 1. The monoisotopic (exact) mass is 371 g/mol. The van der Waals surface area contributed by atoms with Crippen molar-refractivity contribution in [3.8, 4) is 0 Å². The molecule has 0 radical (unpaired) electrons. The van der Waals surface area contributed by atoms with E-state index < -0.39 is 40.7 Å². The smallest absolute Gasteiger partial charge is 0.257 e. The predicted molar refractivity (Wildman–Crippen MR) is 86.8 cm³/mol. The lowest BCUT2D eigenvalue weighted by Gasteiger charge is -2.40. The molecule has 2 atom stereocenters. The number of hydrogen-bond acceptors (Lipinski definition) is 4. The first-order valence-electron chi connectivity index (χ1n) is 8.45. The quantitative estimate of drug-likeness (QED) is 0.632. The second-order valence-electron chi connectivity index (χ2n) is 6.59. The third-order valence-electron chi connectivity index (χ3n) is 4.81. The number of nitrogens with two attached hydrogens (primary N) is 1.